The highest BCUT2D eigenvalue weighted by atomic mass is 16.5. The van der Waals surface area contributed by atoms with E-state index in [0.29, 0.717) is 5.56 Å². The Morgan fingerprint density at radius 2 is 2.00 bits per heavy atom. The third-order valence-electron chi connectivity index (χ3n) is 1.47. The van der Waals surface area contributed by atoms with Gasteiger partial charge in [-0.25, -0.2) is 4.79 Å². The third-order valence-corrected chi connectivity index (χ3v) is 1.47. The van der Waals surface area contributed by atoms with Gasteiger partial charge in [-0.2, -0.15) is 0 Å². The van der Waals surface area contributed by atoms with E-state index < -0.39 is 0 Å². The number of cyclic esters (lactones) is 1. The first kappa shape index (κ1) is 5.47. The van der Waals surface area contributed by atoms with Crippen LogP contribution in [0.1, 0.15) is 15.9 Å². The fourth-order valence-electron chi connectivity index (χ4n) is 0.966. The van der Waals surface area contributed by atoms with Crippen LogP contribution in [0.15, 0.2) is 24.3 Å². The Morgan fingerprint density at radius 3 is 2.80 bits per heavy atom. The van der Waals surface area contributed by atoms with E-state index in [1.165, 1.54) is 6.61 Å². The van der Waals surface area contributed by atoms with E-state index in [1.807, 2.05) is 18.2 Å². The molecule has 0 fully saturated rings. The maximum absolute atomic E-state index is 10.8. The molecule has 0 saturated carbocycles. The molecule has 1 aromatic carbocycles. The number of rotatable bonds is 0. The van der Waals surface area contributed by atoms with Crippen LogP contribution in [0.5, 0.6) is 0 Å². The number of carbonyl (C=O) groups is 1. The number of ether oxygens (including phenoxy) is 1. The van der Waals surface area contributed by atoms with Gasteiger partial charge in [0.15, 0.2) is 6.61 Å². The molecular weight excluding hydrogens is 128 g/mol. The topological polar surface area (TPSA) is 26.3 Å². The third kappa shape index (κ3) is 0.620. The predicted molar refractivity (Wildman–Crippen MR) is 35.3 cm³/mol. The highest BCUT2D eigenvalue weighted by Crippen LogP contribution is 2.19. The highest BCUT2D eigenvalue weighted by molar-refractivity contribution is 5.94. The molecule has 10 heavy (non-hydrogen) atoms. The molecule has 2 heteroatoms. The molecular formula is C8H5O2. The summed E-state index contributed by atoms with van der Waals surface area (Å²) in [5.74, 6) is -0.254. The average molecular weight is 133 g/mol. The van der Waals surface area contributed by atoms with Gasteiger partial charge in [0.05, 0.1) is 5.56 Å². The molecule has 0 spiro atoms. The molecule has 1 radical (unpaired) electrons. The molecule has 0 saturated heterocycles. The van der Waals surface area contributed by atoms with Gasteiger partial charge in [0.1, 0.15) is 0 Å². The highest BCUT2D eigenvalue weighted by Gasteiger charge is 2.19. The van der Waals surface area contributed by atoms with Gasteiger partial charge in [-0.3, -0.25) is 0 Å². The van der Waals surface area contributed by atoms with Gasteiger partial charge in [0, 0.05) is 5.56 Å². The molecule has 2 rings (SSSR count). The van der Waals surface area contributed by atoms with Crippen molar-refractivity contribution in [3.8, 4) is 0 Å². The van der Waals surface area contributed by atoms with Gasteiger partial charge in [0.2, 0.25) is 0 Å². The summed E-state index contributed by atoms with van der Waals surface area (Å²) in [4.78, 5) is 10.8. The lowest BCUT2D eigenvalue weighted by molar-refractivity contribution is 0.0658. The van der Waals surface area contributed by atoms with Crippen molar-refractivity contribution in [2.24, 2.45) is 0 Å². The molecule has 1 aliphatic rings. The molecule has 0 N–H and O–H groups in total. The normalized spacial score (nSPS) is 14.6. The Hall–Kier alpha value is -1.31. The maximum Gasteiger partial charge on any atom is 0.339 e. The molecule has 0 aromatic heterocycles. The number of carbonyl (C=O) groups excluding carboxylic acids is 1. The van der Waals surface area contributed by atoms with Gasteiger partial charge in [-0.15, -0.1) is 0 Å². The van der Waals surface area contributed by atoms with Crippen molar-refractivity contribution in [3.05, 3.63) is 42.0 Å². The summed E-state index contributed by atoms with van der Waals surface area (Å²) < 4.78 is 4.66. The molecule has 0 aliphatic carbocycles. The standard InChI is InChI=1S/C8H5O2/c9-8-7-4-2-1-3-6(7)5-10-8/h1-5H. The maximum atomic E-state index is 10.8. The van der Waals surface area contributed by atoms with Crippen LogP contribution in [0.4, 0.5) is 0 Å². The first-order valence-electron chi connectivity index (χ1n) is 3.01. The van der Waals surface area contributed by atoms with E-state index in [-0.39, 0.29) is 5.97 Å². The quantitative estimate of drug-likeness (QED) is 0.499. The Labute approximate surface area is 58.4 Å². The molecule has 0 amide bonds. The largest absolute Gasteiger partial charge is 0.449 e. The van der Waals surface area contributed by atoms with Crippen LogP contribution in [0.3, 0.4) is 0 Å². The van der Waals surface area contributed by atoms with Crippen LogP contribution in [0, 0.1) is 6.61 Å². The molecule has 0 bridgehead atoms. The van der Waals surface area contributed by atoms with Crippen LogP contribution >= 0.6 is 0 Å². The summed E-state index contributed by atoms with van der Waals surface area (Å²) in [5.41, 5.74) is 1.52. The van der Waals surface area contributed by atoms with Crippen molar-refractivity contribution >= 4 is 5.97 Å². The van der Waals surface area contributed by atoms with Gasteiger partial charge in [0.25, 0.3) is 0 Å². The predicted octanol–water partition coefficient (Wildman–Crippen LogP) is 1.37. The summed E-state index contributed by atoms with van der Waals surface area (Å²) in [5, 5.41) is 0. The molecule has 1 heterocycles. The van der Waals surface area contributed by atoms with Crippen molar-refractivity contribution in [3.63, 3.8) is 0 Å². The van der Waals surface area contributed by atoms with Gasteiger partial charge in [-0.1, -0.05) is 18.2 Å². The number of esters is 1. The second kappa shape index (κ2) is 1.84. The number of hydrogen-bond acceptors (Lipinski definition) is 2. The Bertz CT molecular complexity index is 278. The summed E-state index contributed by atoms with van der Waals surface area (Å²) in [7, 11) is 0. The molecule has 2 nitrogen and oxygen atoms in total. The summed E-state index contributed by atoms with van der Waals surface area (Å²) in [6.45, 7) is 1.47. The van der Waals surface area contributed by atoms with Crippen LogP contribution < -0.4 is 0 Å². The molecule has 1 aromatic rings. The minimum atomic E-state index is -0.254. The van der Waals surface area contributed by atoms with E-state index >= 15 is 0 Å². The fourth-order valence-corrected chi connectivity index (χ4v) is 0.966. The van der Waals surface area contributed by atoms with Crippen LogP contribution in [-0.4, -0.2) is 5.97 Å². The number of hydrogen-bond donors (Lipinski definition) is 0. The van der Waals surface area contributed by atoms with E-state index in [4.69, 9.17) is 0 Å². The first-order chi connectivity index (χ1) is 4.88. The fraction of sp³-hybridized carbons (Fsp3) is 0. The van der Waals surface area contributed by atoms with E-state index in [2.05, 4.69) is 4.74 Å². The Balaban J connectivity index is 2.61. The second-order valence-electron chi connectivity index (χ2n) is 2.11. The van der Waals surface area contributed by atoms with Gasteiger partial charge < -0.3 is 4.74 Å². The van der Waals surface area contributed by atoms with E-state index in [1.54, 1.807) is 6.07 Å². The average Bonchev–Trinajstić information content (AvgIpc) is 2.34. The van der Waals surface area contributed by atoms with Crippen molar-refractivity contribution < 1.29 is 9.53 Å². The smallest absolute Gasteiger partial charge is 0.339 e. The first-order valence-corrected chi connectivity index (χ1v) is 3.01. The van der Waals surface area contributed by atoms with Gasteiger partial charge >= 0.3 is 5.97 Å². The molecule has 0 atom stereocenters. The number of benzene rings is 1. The van der Waals surface area contributed by atoms with Crippen molar-refractivity contribution in [2.45, 2.75) is 0 Å². The Morgan fingerprint density at radius 1 is 1.20 bits per heavy atom. The van der Waals surface area contributed by atoms with Gasteiger partial charge in [-0.05, 0) is 6.07 Å². The second-order valence-corrected chi connectivity index (χ2v) is 2.11. The van der Waals surface area contributed by atoms with Crippen LogP contribution in [-0.2, 0) is 4.74 Å². The lowest BCUT2D eigenvalue weighted by atomic mass is 10.1. The number of fused-ring (bicyclic) bond motifs is 1. The molecule has 1 aliphatic heterocycles. The monoisotopic (exact) mass is 133 g/mol. The summed E-state index contributed by atoms with van der Waals surface area (Å²) in [6, 6.07) is 7.29. The van der Waals surface area contributed by atoms with E-state index in [9.17, 15) is 4.79 Å². The minimum absolute atomic E-state index is 0.254. The van der Waals surface area contributed by atoms with Crippen molar-refractivity contribution in [1.82, 2.24) is 0 Å². The van der Waals surface area contributed by atoms with E-state index in [0.717, 1.165) is 5.56 Å². The zero-order chi connectivity index (χ0) is 6.97. The van der Waals surface area contributed by atoms with Crippen LogP contribution in [0.25, 0.3) is 0 Å². The molecule has 0 unspecified atom stereocenters. The minimum Gasteiger partial charge on any atom is -0.449 e. The van der Waals surface area contributed by atoms with Crippen molar-refractivity contribution in [2.75, 3.05) is 0 Å². The summed E-state index contributed by atoms with van der Waals surface area (Å²) >= 11 is 0. The lowest BCUT2D eigenvalue weighted by Crippen LogP contribution is -1.91. The van der Waals surface area contributed by atoms with Crippen LogP contribution in [0.2, 0.25) is 0 Å². The zero-order valence-corrected chi connectivity index (χ0v) is 5.20. The zero-order valence-electron chi connectivity index (χ0n) is 5.20. The lowest BCUT2D eigenvalue weighted by Gasteiger charge is -1.87. The Kier molecular flexibility index (Phi) is 1.01. The SMILES string of the molecule is O=C1O[CH]c2ccccc21. The molecule has 49 valence electrons. The van der Waals surface area contributed by atoms with Crippen molar-refractivity contribution in [1.29, 1.82) is 0 Å². The summed E-state index contributed by atoms with van der Waals surface area (Å²) in [6.07, 6.45) is 0.